The van der Waals surface area contributed by atoms with E-state index in [2.05, 4.69) is 26.5 Å². The smallest absolute Gasteiger partial charge is 0.254 e. The molecule has 0 aliphatic carbocycles. The number of carbonyl (C=O) groups excluding carboxylic acids is 1. The number of nitrogens with two attached hydrogens (primary N) is 1. The highest BCUT2D eigenvalue weighted by molar-refractivity contribution is 5.98. The number of anilines is 2. The Bertz CT molecular complexity index is 1080. The predicted octanol–water partition coefficient (Wildman–Crippen LogP) is 2.76. The first kappa shape index (κ1) is 20.6. The van der Waals surface area contributed by atoms with Crippen LogP contribution in [0.2, 0.25) is 0 Å². The lowest BCUT2D eigenvalue weighted by Gasteiger charge is -2.40. The van der Waals surface area contributed by atoms with Crippen molar-refractivity contribution in [3.8, 4) is 6.07 Å². The van der Waals surface area contributed by atoms with Crippen molar-refractivity contribution < 1.29 is 13.7 Å². The zero-order valence-corrected chi connectivity index (χ0v) is 16.8. The number of hydrogen-bond donors (Lipinski definition) is 2. The number of primary amides is 1. The minimum absolute atomic E-state index is 0.215. The molecule has 0 atom stereocenters. The van der Waals surface area contributed by atoms with Crippen LogP contribution in [0.15, 0.2) is 47.3 Å². The summed E-state index contributed by atoms with van der Waals surface area (Å²) in [4.78, 5) is 14.3. The molecule has 31 heavy (non-hydrogen) atoms. The van der Waals surface area contributed by atoms with Crippen molar-refractivity contribution in [2.24, 2.45) is 5.73 Å². The van der Waals surface area contributed by atoms with E-state index in [-0.39, 0.29) is 23.6 Å². The highest BCUT2D eigenvalue weighted by Crippen LogP contribution is 2.35. The number of carbonyl (C=O) groups is 1. The van der Waals surface area contributed by atoms with Crippen molar-refractivity contribution in [3.63, 3.8) is 0 Å². The van der Waals surface area contributed by atoms with Gasteiger partial charge in [-0.2, -0.15) is 10.4 Å². The summed E-state index contributed by atoms with van der Waals surface area (Å²) in [7, 11) is 0. The van der Waals surface area contributed by atoms with Gasteiger partial charge in [0.15, 0.2) is 5.82 Å². The van der Waals surface area contributed by atoms with Crippen LogP contribution in [0, 0.1) is 17.1 Å². The number of nitrogens with one attached hydrogen (secondary N) is 1. The molecule has 0 radical (unpaired) electrons. The number of amides is 1. The lowest BCUT2D eigenvalue weighted by Crippen LogP contribution is -2.46. The topological polar surface area (TPSA) is 126 Å². The fourth-order valence-electron chi connectivity index (χ4n) is 3.87. The SMILES string of the molecule is N#CCC1(n2cc(C(N)=O)c(Nc3ccc(F)cc3)n2)CCN(Cc2ccon2)CC1. The molecule has 1 aromatic carbocycles. The van der Waals surface area contributed by atoms with E-state index < -0.39 is 11.4 Å². The van der Waals surface area contributed by atoms with Crippen LogP contribution in [-0.2, 0) is 12.1 Å². The van der Waals surface area contributed by atoms with Crippen molar-refractivity contribution in [2.75, 3.05) is 18.4 Å². The molecule has 1 amide bonds. The molecule has 1 aliphatic heterocycles. The number of aromatic nitrogens is 3. The number of rotatable bonds is 7. The maximum atomic E-state index is 13.2. The molecule has 3 heterocycles. The van der Waals surface area contributed by atoms with E-state index in [0.29, 0.717) is 25.1 Å². The first-order valence-corrected chi connectivity index (χ1v) is 9.90. The van der Waals surface area contributed by atoms with E-state index in [9.17, 15) is 14.4 Å². The molecule has 3 N–H and O–H groups in total. The van der Waals surface area contributed by atoms with Crippen molar-refractivity contribution in [1.82, 2.24) is 19.8 Å². The first-order chi connectivity index (χ1) is 15.0. The Labute approximate surface area is 178 Å². The fraction of sp³-hybridized carbons (Fsp3) is 0.333. The van der Waals surface area contributed by atoms with Crippen LogP contribution in [-0.4, -0.2) is 38.8 Å². The lowest BCUT2D eigenvalue weighted by molar-refractivity contribution is 0.0954. The standard InChI is InChI=1S/C21H22FN7O2/c22-15-1-3-16(4-2-15)25-20-18(19(24)30)14-29(26-20)21(6-9-23)7-10-28(11-8-21)13-17-5-12-31-27-17/h1-5,12,14H,6-8,10-11,13H2,(H2,24,30)(H,25,26). The number of likely N-dealkylation sites (tertiary alicyclic amines) is 1. The van der Waals surface area contributed by atoms with Gasteiger partial charge in [0, 0.05) is 37.6 Å². The normalized spacial score (nSPS) is 16.0. The third-order valence-electron chi connectivity index (χ3n) is 5.64. The van der Waals surface area contributed by atoms with Crippen LogP contribution < -0.4 is 11.1 Å². The van der Waals surface area contributed by atoms with Crippen LogP contribution in [0.5, 0.6) is 0 Å². The summed E-state index contributed by atoms with van der Waals surface area (Å²) in [5.74, 6) is -0.718. The van der Waals surface area contributed by atoms with Gasteiger partial charge in [0.05, 0.1) is 23.7 Å². The number of nitriles is 1. The number of hydrogen-bond acceptors (Lipinski definition) is 7. The minimum atomic E-state index is -0.633. The van der Waals surface area contributed by atoms with E-state index in [0.717, 1.165) is 18.8 Å². The van der Waals surface area contributed by atoms with Crippen LogP contribution in [0.25, 0.3) is 0 Å². The third-order valence-corrected chi connectivity index (χ3v) is 5.64. The summed E-state index contributed by atoms with van der Waals surface area (Å²) in [6.45, 7) is 2.14. The Balaban J connectivity index is 1.57. The Hall–Kier alpha value is -3.71. The average Bonchev–Trinajstić information content (AvgIpc) is 3.42. The molecule has 1 aliphatic rings. The zero-order valence-electron chi connectivity index (χ0n) is 16.8. The largest absolute Gasteiger partial charge is 0.365 e. The third kappa shape index (κ3) is 4.41. The van der Waals surface area contributed by atoms with E-state index in [4.69, 9.17) is 10.3 Å². The van der Waals surface area contributed by atoms with Gasteiger partial charge in [-0.25, -0.2) is 4.39 Å². The second-order valence-corrected chi connectivity index (χ2v) is 7.66. The predicted molar refractivity (Wildman–Crippen MR) is 110 cm³/mol. The van der Waals surface area contributed by atoms with Gasteiger partial charge in [0.2, 0.25) is 0 Å². The molecule has 1 fully saturated rings. The highest BCUT2D eigenvalue weighted by atomic mass is 19.1. The van der Waals surface area contributed by atoms with Crippen LogP contribution in [0.1, 0.15) is 35.3 Å². The van der Waals surface area contributed by atoms with Crippen molar-refractivity contribution in [1.29, 1.82) is 5.26 Å². The molecule has 2 aromatic heterocycles. The van der Waals surface area contributed by atoms with E-state index in [1.807, 2.05) is 6.07 Å². The number of benzene rings is 1. The fourth-order valence-corrected chi connectivity index (χ4v) is 3.87. The van der Waals surface area contributed by atoms with Crippen LogP contribution in [0.4, 0.5) is 15.9 Å². The Morgan fingerprint density at radius 2 is 2.03 bits per heavy atom. The minimum Gasteiger partial charge on any atom is -0.365 e. The summed E-state index contributed by atoms with van der Waals surface area (Å²) in [6.07, 6.45) is 4.74. The molecule has 160 valence electrons. The quantitative estimate of drug-likeness (QED) is 0.598. The number of halogens is 1. The molecule has 0 saturated carbocycles. The molecular weight excluding hydrogens is 401 g/mol. The zero-order chi connectivity index (χ0) is 21.8. The number of nitrogens with zero attached hydrogens (tertiary/aromatic N) is 5. The molecular formula is C21H22FN7O2. The summed E-state index contributed by atoms with van der Waals surface area (Å²) < 4.78 is 19.8. The lowest BCUT2D eigenvalue weighted by atomic mass is 9.85. The van der Waals surface area contributed by atoms with Gasteiger partial charge in [0.1, 0.15) is 17.6 Å². The molecule has 4 rings (SSSR count). The maximum absolute atomic E-state index is 13.2. The van der Waals surface area contributed by atoms with Crippen LogP contribution in [0.3, 0.4) is 0 Å². The van der Waals surface area contributed by atoms with Crippen molar-refractivity contribution in [3.05, 3.63) is 59.9 Å². The van der Waals surface area contributed by atoms with Gasteiger partial charge in [-0.1, -0.05) is 5.16 Å². The Kier molecular flexibility index (Phi) is 5.68. The van der Waals surface area contributed by atoms with Gasteiger partial charge in [-0.3, -0.25) is 14.4 Å². The summed E-state index contributed by atoms with van der Waals surface area (Å²) in [6, 6.07) is 9.81. The van der Waals surface area contributed by atoms with Gasteiger partial charge < -0.3 is 15.6 Å². The van der Waals surface area contributed by atoms with E-state index in [1.54, 1.807) is 29.3 Å². The molecule has 0 spiro atoms. The van der Waals surface area contributed by atoms with Gasteiger partial charge in [-0.15, -0.1) is 0 Å². The first-order valence-electron chi connectivity index (χ1n) is 9.90. The van der Waals surface area contributed by atoms with Gasteiger partial charge >= 0.3 is 0 Å². The summed E-state index contributed by atoms with van der Waals surface area (Å²) >= 11 is 0. The maximum Gasteiger partial charge on any atom is 0.254 e. The number of piperidine rings is 1. The van der Waals surface area contributed by atoms with Crippen LogP contribution >= 0.6 is 0 Å². The van der Waals surface area contributed by atoms with E-state index >= 15 is 0 Å². The van der Waals surface area contributed by atoms with Gasteiger partial charge in [0.25, 0.3) is 5.91 Å². The second-order valence-electron chi connectivity index (χ2n) is 7.66. The van der Waals surface area contributed by atoms with Crippen molar-refractivity contribution >= 4 is 17.4 Å². The highest BCUT2D eigenvalue weighted by Gasteiger charge is 2.38. The average molecular weight is 423 g/mol. The molecule has 10 heteroatoms. The molecule has 3 aromatic rings. The summed E-state index contributed by atoms with van der Waals surface area (Å²) in [5, 5.41) is 21.1. The Morgan fingerprint density at radius 3 is 2.65 bits per heavy atom. The summed E-state index contributed by atoms with van der Waals surface area (Å²) in [5.41, 5.74) is 6.66. The van der Waals surface area contributed by atoms with Crippen molar-refractivity contribution in [2.45, 2.75) is 31.3 Å². The monoisotopic (exact) mass is 423 g/mol. The Morgan fingerprint density at radius 1 is 1.29 bits per heavy atom. The molecule has 1 saturated heterocycles. The second kappa shape index (κ2) is 8.57. The van der Waals surface area contributed by atoms with E-state index in [1.165, 1.54) is 12.1 Å². The molecule has 0 bridgehead atoms. The molecule has 9 nitrogen and oxygen atoms in total. The van der Waals surface area contributed by atoms with Gasteiger partial charge in [-0.05, 0) is 37.1 Å². The molecule has 0 unspecified atom stereocenters.